The van der Waals surface area contributed by atoms with Gasteiger partial charge in [-0.05, 0) is 13.8 Å². The fourth-order valence-corrected chi connectivity index (χ4v) is 0.410. The quantitative estimate of drug-likeness (QED) is 0.571. The number of carboxylic acids is 1. The summed E-state index contributed by atoms with van der Waals surface area (Å²) in [6.07, 6.45) is 2.35. The van der Waals surface area contributed by atoms with E-state index < -0.39 is 18.0 Å². The molecule has 0 aliphatic rings. The molecule has 3 heteroatoms. The molecule has 0 unspecified atom stereocenters. The van der Waals surface area contributed by atoms with E-state index in [4.69, 9.17) is 10.2 Å². The molecular formula is C7H12O3. The van der Waals surface area contributed by atoms with Crippen molar-refractivity contribution in [2.24, 2.45) is 5.92 Å². The Hall–Kier alpha value is -0.830. The molecule has 10 heavy (non-hydrogen) atoms. The van der Waals surface area contributed by atoms with Crippen molar-refractivity contribution in [2.75, 3.05) is 0 Å². The SMILES string of the molecule is C[C@H](O)/C=C/[C@@H](C)C(=O)O. The van der Waals surface area contributed by atoms with Crippen molar-refractivity contribution in [3.63, 3.8) is 0 Å². The number of carboxylic acid groups (broad SMARTS) is 1. The van der Waals surface area contributed by atoms with Crippen LogP contribution in [0.5, 0.6) is 0 Å². The van der Waals surface area contributed by atoms with Crippen LogP contribution >= 0.6 is 0 Å². The van der Waals surface area contributed by atoms with Gasteiger partial charge in [0.05, 0.1) is 12.0 Å². The molecule has 2 atom stereocenters. The molecule has 0 saturated heterocycles. The average Bonchev–Trinajstić information content (AvgIpc) is 1.82. The van der Waals surface area contributed by atoms with Gasteiger partial charge in [0.1, 0.15) is 0 Å². The molecule has 0 radical (unpaired) electrons. The maximum Gasteiger partial charge on any atom is 0.310 e. The van der Waals surface area contributed by atoms with E-state index in [9.17, 15) is 4.79 Å². The monoisotopic (exact) mass is 144 g/mol. The first-order valence-electron chi connectivity index (χ1n) is 3.13. The van der Waals surface area contributed by atoms with Crippen molar-refractivity contribution in [3.05, 3.63) is 12.2 Å². The van der Waals surface area contributed by atoms with E-state index >= 15 is 0 Å². The van der Waals surface area contributed by atoms with Crippen molar-refractivity contribution in [1.29, 1.82) is 0 Å². The average molecular weight is 144 g/mol. The van der Waals surface area contributed by atoms with E-state index in [1.165, 1.54) is 12.2 Å². The molecular weight excluding hydrogens is 132 g/mol. The third-order valence-corrected chi connectivity index (χ3v) is 1.07. The Kier molecular flexibility index (Phi) is 3.72. The Bertz CT molecular complexity index is 138. The summed E-state index contributed by atoms with van der Waals surface area (Å²) in [7, 11) is 0. The normalized spacial score (nSPS) is 17.1. The van der Waals surface area contributed by atoms with Gasteiger partial charge in [0.2, 0.25) is 0 Å². The van der Waals surface area contributed by atoms with Crippen LogP contribution in [0.1, 0.15) is 13.8 Å². The zero-order chi connectivity index (χ0) is 8.15. The fraction of sp³-hybridized carbons (Fsp3) is 0.571. The largest absolute Gasteiger partial charge is 0.481 e. The summed E-state index contributed by atoms with van der Waals surface area (Å²) in [4.78, 5) is 10.2. The van der Waals surface area contributed by atoms with Gasteiger partial charge in [-0.2, -0.15) is 0 Å². The van der Waals surface area contributed by atoms with Crippen LogP contribution in [0.3, 0.4) is 0 Å². The summed E-state index contributed by atoms with van der Waals surface area (Å²) < 4.78 is 0. The molecule has 0 fully saturated rings. The van der Waals surface area contributed by atoms with E-state index in [0.717, 1.165) is 0 Å². The topological polar surface area (TPSA) is 57.5 Å². The summed E-state index contributed by atoms with van der Waals surface area (Å²) in [5, 5.41) is 17.1. The van der Waals surface area contributed by atoms with Gasteiger partial charge in [-0.15, -0.1) is 0 Å². The maximum absolute atomic E-state index is 10.2. The number of carbonyl (C=O) groups is 1. The van der Waals surface area contributed by atoms with Gasteiger partial charge in [0, 0.05) is 0 Å². The molecule has 0 aromatic carbocycles. The highest BCUT2D eigenvalue weighted by Gasteiger charge is 2.04. The summed E-state index contributed by atoms with van der Waals surface area (Å²) in [6, 6.07) is 0. The molecule has 2 N–H and O–H groups in total. The number of aliphatic hydroxyl groups excluding tert-OH is 1. The molecule has 3 nitrogen and oxygen atoms in total. The zero-order valence-electron chi connectivity index (χ0n) is 6.11. The number of rotatable bonds is 3. The highest BCUT2D eigenvalue weighted by Crippen LogP contribution is 1.97. The Morgan fingerprint density at radius 1 is 1.40 bits per heavy atom. The summed E-state index contributed by atoms with van der Waals surface area (Å²) in [5.41, 5.74) is 0. The first-order valence-corrected chi connectivity index (χ1v) is 3.13. The molecule has 0 amide bonds. The molecule has 0 aromatic heterocycles. The summed E-state index contributed by atoms with van der Waals surface area (Å²) in [5.74, 6) is -1.40. The van der Waals surface area contributed by atoms with Gasteiger partial charge < -0.3 is 10.2 Å². The first kappa shape index (κ1) is 9.17. The molecule has 0 saturated carbocycles. The van der Waals surface area contributed by atoms with Crippen molar-refractivity contribution < 1.29 is 15.0 Å². The summed E-state index contributed by atoms with van der Waals surface area (Å²) in [6.45, 7) is 3.13. The molecule has 58 valence electrons. The molecule has 0 aliphatic carbocycles. The third-order valence-electron chi connectivity index (χ3n) is 1.07. The van der Waals surface area contributed by atoms with Gasteiger partial charge >= 0.3 is 5.97 Å². The lowest BCUT2D eigenvalue weighted by Crippen LogP contribution is -2.06. The van der Waals surface area contributed by atoms with Crippen LogP contribution in [0.2, 0.25) is 0 Å². The van der Waals surface area contributed by atoms with Gasteiger partial charge in [-0.3, -0.25) is 4.79 Å². The first-order chi connectivity index (χ1) is 4.54. The van der Waals surface area contributed by atoms with Gasteiger partial charge in [-0.1, -0.05) is 12.2 Å². The second kappa shape index (κ2) is 4.06. The lowest BCUT2D eigenvalue weighted by molar-refractivity contribution is -0.139. The highest BCUT2D eigenvalue weighted by molar-refractivity contribution is 5.71. The second-order valence-corrected chi connectivity index (χ2v) is 2.25. The molecule has 0 aliphatic heterocycles. The predicted molar refractivity (Wildman–Crippen MR) is 37.6 cm³/mol. The number of aliphatic hydroxyl groups is 1. The fourth-order valence-electron chi connectivity index (χ4n) is 0.410. The van der Waals surface area contributed by atoms with E-state index in [2.05, 4.69) is 0 Å². The lowest BCUT2D eigenvalue weighted by Gasteiger charge is -1.98. The summed E-state index contributed by atoms with van der Waals surface area (Å²) >= 11 is 0. The van der Waals surface area contributed by atoms with Crippen molar-refractivity contribution >= 4 is 5.97 Å². The Morgan fingerprint density at radius 2 is 1.90 bits per heavy atom. The van der Waals surface area contributed by atoms with Gasteiger partial charge in [0.15, 0.2) is 0 Å². The van der Waals surface area contributed by atoms with Gasteiger partial charge in [-0.25, -0.2) is 0 Å². The molecule has 0 rings (SSSR count). The van der Waals surface area contributed by atoms with Crippen molar-refractivity contribution in [3.8, 4) is 0 Å². The predicted octanol–water partition coefficient (Wildman–Crippen LogP) is 0.644. The Morgan fingerprint density at radius 3 is 2.20 bits per heavy atom. The van der Waals surface area contributed by atoms with Crippen LogP contribution in [-0.2, 0) is 4.79 Å². The van der Waals surface area contributed by atoms with Gasteiger partial charge in [0.25, 0.3) is 0 Å². The Labute approximate surface area is 60.0 Å². The molecule has 0 bridgehead atoms. The second-order valence-electron chi connectivity index (χ2n) is 2.25. The minimum absolute atomic E-state index is 0.519. The molecule has 0 aromatic rings. The van der Waals surface area contributed by atoms with Crippen LogP contribution < -0.4 is 0 Å². The zero-order valence-corrected chi connectivity index (χ0v) is 6.11. The number of aliphatic carboxylic acids is 1. The van der Waals surface area contributed by atoms with E-state index in [0.29, 0.717) is 0 Å². The van der Waals surface area contributed by atoms with E-state index in [1.807, 2.05) is 0 Å². The minimum Gasteiger partial charge on any atom is -0.481 e. The minimum atomic E-state index is -0.878. The van der Waals surface area contributed by atoms with Crippen LogP contribution in [-0.4, -0.2) is 22.3 Å². The van der Waals surface area contributed by atoms with Crippen LogP contribution in [0.25, 0.3) is 0 Å². The highest BCUT2D eigenvalue weighted by atomic mass is 16.4. The lowest BCUT2D eigenvalue weighted by atomic mass is 10.1. The smallest absolute Gasteiger partial charge is 0.310 e. The van der Waals surface area contributed by atoms with E-state index in [1.54, 1.807) is 13.8 Å². The van der Waals surface area contributed by atoms with E-state index in [-0.39, 0.29) is 0 Å². The van der Waals surface area contributed by atoms with Crippen LogP contribution in [0, 0.1) is 5.92 Å². The standard InChI is InChI=1S/C7H12O3/c1-5(7(9)10)3-4-6(2)8/h3-6,8H,1-2H3,(H,9,10)/b4-3+/t5-,6+/m1/s1. The Balaban J connectivity index is 3.77. The van der Waals surface area contributed by atoms with Crippen LogP contribution in [0.15, 0.2) is 12.2 Å². The van der Waals surface area contributed by atoms with Crippen molar-refractivity contribution in [1.82, 2.24) is 0 Å². The third kappa shape index (κ3) is 4.09. The number of hydrogen-bond acceptors (Lipinski definition) is 2. The maximum atomic E-state index is 10.2. The molecule has 0 heterocycles. The van der Waals surface area contributed by atoms with Crippen molar-refractivity contribution in [2.45, 2.75) is 20.0 Å². The van der Waals surface area contributed by atoms with Crippen LogP contribution in [0.4, 0.5) is 0 Å². The molecule has 0 spiro atoms. The number of hydrogen-bond donors (Lipinski definition) is 2.